The minimum Gasteiger partial charge on any atom is -0.490 e. The average molecular weight is 359 g/mol. The first-order chi connectivity index (χ1) is 12.1. The van der Waals surface area contributed by atoms with Gasteiger partial charge in [0.15, 0.2) is 0 Å². The quantitative estimate of drug-likeness (QED) is 0.904. The lowest BCUT2D eigenvalue weighted by molar-refractivity contribution is -0.122. The van der Waals surface area contributed by atoms with E-state index in [0.29, 0.717) is 29.6 Å². The first-order valence-corrected chi connectivity index (χ1v) is 8.51. The standard InChI is InChI=1S/C19H19ClN2O3/c1-13-14(20)5-4-6-15(13)21-18(23)9-10-19(24)22-11-12-25-17-8-3-2-7-16(17)22/h2-8H,9-12H2,1H3,(H,21,23). The Balaban J connectivity index is 1.59. The van der Waals surface area contributed by atoms with Crippen molar-refractivity contribution in [1.82, 2.24) is 0 Å². The van der Waals surface area contributed by atoms with Crippen LogP contribution in [0.25, 0.3) is 0 Å². The summed E-state index contributed by atoms with van der Waals surface area (Å²) in [6.07, 6.45) is 0.254. The predicted octanol–water partition coefficient (Wildman–Crippen LogP) is 3.79. The third-order valence-corrected chi connectivity index (χ3v) is 4.55. The first kappa shape index (κ1) is 17.3. The van der Waals surface area contributed by atoms with Crippen LogP contribution in [0.15, 0.2) is 42.5 Å². The maximum atomic E-state index is 12.5. The normalized spacial score (nSPS) is 13.0. The van der Waals surface area contributed by atoms with Crippen LogP contribution in [0.5, 0.6) is 5.75 Å². The molecule has 6 heteroatoms. The van der Waals surface area contributed by atoms with Gasteiger partial charge >= 0.3 is 0 Å². The summed E-state index contributed by atoms with van der Waals surface area (Å²) in [7, 11) is 0. The number of carbonyl (C=O) groups excluding carboxylic acids is 2. The fourth-order valence-corrected chi connectivity index (χ4v) is 2.91. The van der Waals surface area contributed by atoms with Crippen molar-refractivity contribution in [1.29, 1.82) is 0 Å². The van der Waals surface area contributed by atoms with Crippen molar-refractivity contribution in [3.8, 4) is 5.75 Å². The fourth-order valence-electron chi connectivity index (χ4n) is 2.74. The molecule has 1 aliphatic rings. The highest BCUT2D eigenvalue weighted by molar-refractivity contribution is 6.31. The molecule has 0 bridgehead atoms. The van der Waals surface area contributed by atoms with Crippen LogP contribution < -0.4 is 15.0 Å². The second-order valence-electron chi connectivity index (χ2n) is 5.82. The Kier molecular flexibility index (Phi) is 5.24. The molecule has 2 aromatic rings. The summed E-state index contributed by atoms with van der Waals surface area (Å²) in [5.41, 5.74) is 2.23. The van der Waals surface area contributed by atoms with Gasteiger partial charge in [0, 0.05) is 23.6 Å². The summed E-state index contributed by atoms with van der Waals surface area (Å²) in [5, 5.41) is 3.41. The molecule has 0 saturated heterocycles. The number of para-hydroxylation sites is 2. The number of hydrogen-bond acceptors (Lipinski definition) is 3. The minimum atomic E-state index is -0.208. The van der Waals surface area contributed by atoms with Crippen LogP contribution in [-0.2, 0) is 9.59 Å². The van der Waals surface area contributed by atoms with Crippen LogP contribution in [-0.4, -0.2) is 25.0 Å². The van der Waals surface area contributed by atoms with E-state index >= 15 is 0 Å². The van der Waals surface area contributed by atoms with Crippen LogP contribution in [0, 0.1) is 6.92 Å². The largest absolute Gasteiger partial charge is 0.490 e. The van der Waals surface area contributed by atoms with Crippen LogP contribution >= 0.6 is 11.6 Å². The molecule has 0 radical (unpaired) electrons. The van der Waals surface area contributed by atoms with Gasteiger partial charge in [-0.2, -0.15) is 0 Å². The monoisotopic (exact) mass is 358 g/mol. The molecule has 0 fully saturated rings. The van der Waals surface area contributed by atoms with Crippen molar-refractivity contribution in [3.63, 3.8) is 0 Å². The number of ether oxygens (including phenoxy) is 1. The summed E-state index contributed by atoms with van der Waals surface area (Å²) in [6, 6.07) is 12.8. The Morgan fingerprint density at radius 2 is 1.96 bits per heavy atom. The number of carbonyl (C=O) groups is 2. The Hall–Kier alpha value is -2.53. The molecule has 0 aromatic heterocycles. The van der Waals surface area contributed by atoms with Gasteiger partial charge in [-0.05, 0) is 36.8 Å². The Morgan fingerprint density at radius 1 is 1.16 bits per heavy atom. The van der Waals surface area contributed by atoms with E-state index < -0.39 is 0 Å². The highest BCUT2D eigenvalue weighted by Crippen LogP contribution is 2.31. The number of halogens is 1. The van der Waals surface area contributed by atoms with Crippen molar-refractivity contribution in [2.75, 3.05) is 23.4 Å². The summed E-state index contributed by atoms with van der Waals surface area (Å²) in [5.74, 6) is 0.398. The zero-order valence-electron chi connectivity index (χ0n) is 13.9. The van der Waals surface area contributed by atoms with Crippen molar-refractivity contribution in [2.45, 2.75) is 19.8 Å². The van der Waals surface area contributed by atoms with Crippen LogP contribution in [0.2, 0.25) is 5.02 Å². The van der Waals surface area contributed by atoms with Crippen LogP contribution in [0.1, 0.15) is 18.4 Å². The lowest BCUT2D eigenvalue weighted by Gasteiger charge is -2.29. The van der Waals surface area contributed by atoms with Gasteiger partial charge in [0.2, 0.25) is 11.8 Å². The molecule has 1 aliphatic heterocycles. The van der Waals surface area contributed by atoms with Crippen LogP contribution in [0.3, 0.4) is 0 Å². The van der Waals surface area contributed by atoms with E-state index in [0.717, 1.165) is 11.3 Å². The van der Waals surface area contributed by atoms with E-state index in [4.69, 9.17) is 16.3 Å². The SMILES string of the molecule is Cc1c(Cl)cccc1NC(=O)CCC(=O)N1CCOc2ccccc21. The second-order valence-corrected chi connectivity index (χ2v) is 6.23. The Labute approximate surface area is 151 Å². The molecule has 1 N–H and O–H groups in total. The zero-order chi connectivity index (χ0) is 17.8. The van der Waals surface area contributed by atoms with Gasteiger partial charge in [0.1, 0.15) is 12.4 Å². The molecule has 130 valence electrons. The maximum Gasteiger partial charge on any atom is 0.227 e. The Bertz CT molecular complexity index is 807. The van der Waals surface area contributed by atoms with Crippen molar-refractivity contribution >= 4 is 34.8 Å². The van der Waals surface area contributed by atoms with Crippen molar-refractivity contribution < 1.29 is 14.3 Å². The molecule has 3 rings (SSSR count). The molecule has 2 amide bonds. The molecule has 1 heterocycles. The van der Waals surface area contributed by atoms with Gasteiger partial charge < -0.3 is 15.0 Å². The molecule has 2 aromatic carbocycles. The summed E-state index contributed by atoms with van der Waals surface area (Å²) < 4.78 is 5.55. The van der Waals surface area contributed by atoms with Gasteiger partial charge in [-0.25, -0.2) is 0 Å². The van der Waals surface area contributed by atoms with E-state index in [1.165, 1.54) is 0 Å². The van der Waals surface area contributed by atoms with Crippen molar-refractivity contribution in [2.24, 2.45) is 0 Å². The molecule has 0 spiro atoms. The second kappa shape index (κ2) is 7.57. The third-order valence-electron chi connectivity index (χ3n) is 4.14. The van der Waals surface area contributed by atoms with E-state index in [1.54, 1.807) is 23.1 Å². The van der Waals surface area contributed by atoms with E-state index in [1.807, 2.05) is 31.2 Å². The summed E-state index contributed by atoms with van der Waals surface area (Å²) in [4.78, 5) is 26.3. The number of hydrogen-bond donors (Lipinski definition) is 1. The number of rotatable bonds is 4. The van der Waals surface area contributed by atoms with Gasteiger partial charge in [-0.3, -0.25) is 9.59 Å². The van der Waals surface area contributed by atoms with E-state index in [2.05, 4.69) is 5.32 Å². The number of amides is 2. The maximum absolute atomic E-state index is 12.5. The lowest BCUT2D eigenvalue weighted by atomic mass is 10.1. The summed E-state index contributed by atoms with van der Waals surface area (Å²) >= 11 is 6.05. The third kappa shape index (κ3) is 3.94. The van der Waals surface area contributed by atoms with Crippen LogP contribution in [0.4, 0.5) is 11.4 Å². The smallest absolute Gasteiger partial charge is 0.227 e. The van der Waals surface area contributed by atoms with Gasteiger partial charge in [-0.15, -0.1) is 0 Å². The molecule has 5 nitrogen and oxygen atoms in total. The number of fused-ring (bicyclic) bond motifs is 1. The molecule has 25 heavy (non-hydrogen) atoms. The highest BCUT2D eigenvalue weighted by Gasteiger charge is 2.23. The molecular formula is C19H19ClN2O3. The minimum absolute atomic E-state index is 0.0892. The zero-order valence-corrected chi connectivity index (χ0v) is 14.7. The van der Waals surface area contributed by atoms with E-state index in [9.17, 15) is 9.59 Å². The molecule has 0 atom stereocenters. The topological polar surface area (TPSA) is 58.6 Å². The van der Waals surface area contributed by atoms with E-state index in [-0.39, 0.29) is 24.7 Å². The van der Waals surface area contributed by atoms with Crippen molar-refractivity contribution in [3.05, 3.63) is 53.1 Å². The van der Waals surface area contributed by atoms with Gasteiger partial charge in [-0.1, -0.05) is 29.8 Å². The molecule has 0 aliphatic carbocycles. The number of nitrogens with zero attached hydrogens (tertiary/aromatic N) is 1. The first-order valence-electron chi connectivity index (χ1n) is 8.13. The van der Waals surface area contributed by atoms with Gasteiger partial charge in [0.25, 0.3) is 0 Å². The number of anilines is 2. The Morgan fingerprint density at radius 3 is 2.80 bits per heavy atom. The molecular weight excluding hydrogens is 340 g/mol. The molecule has 0 saturated carbocycles. The molecule has 0 unspecified atom stereocenters. The van der Waals surface area contributed by atoms with Gasteiger partial charge in [0.05, 0.1) is 12.2 Å². The highest BCUT2D eigenvalue weighted by atomic mass is 35.5. The predicted molar refractivity (Wildman–Crippen MR) is 98.3 cm³/mol. The number of benzene rings is 2. The lowest BCUT2D eigenvalue weighted by Crippen LogP contribution is -2.38. The fraction of sp³-hybridized carbons (Fsp3) is 0.263. The number of nitrogens with one attached hydrogen (secondary N) is 1. The average Bonchev–Trinajstić information content (AvgIpc) is 2.63. The summed E-state index contributed by atoms with van der Waals surface area (Å²) in [6.45, 7) is 2.79.